The quantitative estimate of drug-likeness (QED) is 0.661. The Morgan fingerprint density at radius 1 is 1.33 bits per heavy atom. The number of hydrogen-bond donors (Lipinski definition) is 1. The zero-order valence-corrected chi connectivity index (χ0v) is 12.1. The third kappa shape index (κ3) is 6.69. The molecule has 1 heterocycles. The summed E-state index contributed by atoms with van der Waals surface area (Å²) in [7, 11) is 0. The van der Waals surface area contributed by atoms with Crippen LogP contribution in [-0.4, -0.2) is 35.1 Å². The minimum absolute atomic E-state index is 0.650. The van der Waals surface area contributed by atoms with Crippen LogP contribution >= 0.6 is 11.8 Å². The van der Waals surface area contributed by atoms with Crippen LogP contribution in [0.2, 0.25) is 0 Å². The summed E-state index contributed by atoms with van der Waals surface area (Å²) in [5, 5.41) is 3.23. The van der Waals surface area contributed by atoms with Gasteiger partial charge in [-0.2, -0.15) is 16.7 Å². The third-order valence-corrected chi connectivity index (χ3v) is 3.09. The number of thioether (sulfide) groups is 1. The van der Waals surface area contributed by atoms with E-state index in [1.165, 1.54) is 18.6 Å². The van der Waals surface area contributed by atoms with Gasteiger partial charge < -0.3 is 10.1 Å². The van der Waals surface area contributed by atoms with Crippen LogP contribution in [0.15, 0.2) is 12.3 Å². The molecule has 1 rings (SSSR count). The summed E-state index contributed by atoms with van der Waals surface area (Å²) < 4.78 is 5.46. The van der Waals surface area contributed by atoms with Crippen LogP contribution in [0.4, 0.5) is 5.95 Å². The van der Waals surface area contributed by atoms with Crippen molar-refractivity contribution in [1.82, 2.24) is 9.97 Å². The lowest BCUT2D eigenvalue weighted by Gasteiger charge is -2.07. The number of anilines is 1. The van der Waals surface area contributed by atoms with Crippen LogP contribution in [0.5, 0.6) is 5.88 Å². The standard InChI is InChI=1S/C13H23N3OS/c1-3-10-17-12-7-9-15-13(16-12)14-8-5-4-6-11-18-2/h7,9H,3-6,8,10-11H2,1-2H3,(H,14,15,16). The highest BCUT2D eigenvalue weighted by Gasteiger charge is 1.99. The number of ether oxygens (including phenoxy) is 1. The number of unbranched alkanes of at least 4 members (excludes halogenated alkanes) is 2. The molecule has 0 aliphatic carbocycles. The molecule has 4 nitrogen and oxygen atoms in total. The molecule has 1 aromatic rings. The molecule has 0 saturated heterocycles. The van der Waals surface area contributed by atoms with Gasteiger partial charge in [-0.05, 0) is 31.3 Å². The van der Waals surface area contributed by atoms with E-state index in [0.717, 1.165) is 19.4 Å². The Kier molecular flexibility index (Phi) is 8.38. The number of hydrogen-bond acceptors (Lipinski definition) is 5. The van der Waals surface area contributed by atoms with E-state index in [0.29, 0.717) is 18.4 Å². The Bertz CT molecular complexity index is 323. The Balaban J connectivity index is 2.20. The maximum Gasteiger partial charge on any atom is 0.225 e. The van der Waals surface area contributed by atoms with Crippen molar-refractivity contribution in [2.75, 3.05) is 30.5 Å². The third-order valence-electron chi connectivity index (χ3n) is 2.39. The lowest BCUT2D eigenvalue weighted by Crippen LogP contribution is -2.06. The first-order valence-corrected chi connectivity index (χ1v) is 7.95. The van der Waals surface area contributed by atoms with Crippen molar-refractivity contribution in [3.05, 3.63) is 12.3 Å². The van der Waals surface area contributed by atoms with E-state index in [-0.39, 0.29) is 0 Å². The highest BCUT2D eigenvalue weighted by molar-refractivity contribution is 7.98. The van der Waals surface area contributed by atoms with Gasteiger partial charge in [0.2, 0.25) is 11.8 Å². The van der Waals surface area contributed by atoms with Gasteiger partial charge in [0.05, 0.1) is 6.61 Å². The first-order chi connectivity index (χ1) is 8.86. The van der Waals surface area contributed by atoms with E-state index in [1.54, 1.807) is 12.3 Å². The number of nitrogens with one attached hydrogen (secondary N) is 1. The Hall–Kier alpha value is -0.970. The molecular weight excluding hydrogens is 246 g/mol. The number of rotatable bonds is 10. The molecular formula is C13H23N3OS. The minimum Gasteiger partial charge on any atom is -0.478 e. The molecule has 0 spiro atoms. The van der Waals surface area contributed by atoms with Gasteiger partial charge in [0, 0.05) is 18.8 Å². The van der Waals surface area contributed by atoms with Crippen molar-refractivity contribution in [3.8, 4) is 5.88 Å². The first-order valence-electron chi connectivity index (χ1n) is 6.55. The molecule has 0 saturated carbocycles. The molecule has 0 unspecified atom stereocenters. The zero-order chi connectivity index (χ0) is 13.1. The van der Waals surface area contributed by atoms with Crippen molar-refractivity contribution in [1.29, 1.82) is 0 Å². The van der Waals surface area contributed by atoms with E-state index >= 15 is 0 Å². The van der Waals surface area contributed by atoms with Gasteiger partial charge >= 0.3 is 0 Å². The molecule has 1 N–H and O–H groups in total. The number of aromatic nitrogens is 2. The van der Waals surface area contributed by atoms with Gasteiger partial charge in [-0.1, -0.05) is 13.3 Å². The van der Waals surface area contributed by atoms with Gasteiger partial charge in [-0.15, -0.1) is 0 Å². The summed E-state index contributed by atoms with van der Waals surface area (Å²) in [6.07, 6.45) is 8.55. The highest BCUT2D eigenvalue weighted by atomic mass is 32.2. The molecule has 0 fully saturated rings. The molecule has 102 valence electrons. The summed E-state index contributed by atoms with van der Waals surface area (Å²) in [4.78, 5) is 8.47. The zero-order valence-electron chi connectivity index (χ0n) is 11.3. The average Bonchev–Trinajstić information content (AvgIpc) is 2.41. The van der Waals surface area contributed by atoms with Crippen LogP contribution in [0.1, 0.15) is 32.6 Å². The maximum absolute atomic E-state index is 5.46. The summed E-state index contributed by atoms with van der Waals surface area (Å²) in [6.45, 7) is 3.70. The fourth-order valence-corrected chi connectivity index (χ4v) is 1.96. The maximum atomic E-state index is 5.46. The molecule has 18 heavy (non-hydrogen) atoms. The van der Waals surface area contributed by atoms with Crippen LogP contribution in [0.3, 0.4) is 0 Å². The number of nitrogens with zero attached hydrogens (tertiary/aromatic N) is 2. The van der Waals surface area contributed by atoms with Crippen molar-refractivity contribution >= 4 is 17.7 Å². The molecule has 0 aliphatic rings. The lowest BCUT2D eigenvalue weighted by molar-refractivity contribution is 0.305. The fraction of sp³-hybridized carbons (Fsp3) is 0.692. The summed E-state index contributed by atoms with van der Waals surface area (Å²) in [5.41, 5.74) is 0. The van der Waals surface area contributed by atoms with Gasteiger partial charge in [-0.25, -0.2) is 4.98 Å². The molecule has 1 aromatic heterocycles. The highest BCUT2D eigenvalue weighted by Crippen LogP contribution is 2.09. The molecule has 0 amide bonds. The van der Waals surface area contributed by atoms with Gasteiger partial charge in [0.1, 0.15) is 0 Å². The minimum atomic E-state index is 0.650. The Morgan fingerprint density at radius 3 is 3.00 bits per heavy atom. The van der Waals surface area contributed by atoms with Crippen molar-refractivity contribution in [2.24, 2.45) is 0 Å². The van der Waals surface area contributed by atoms with Crippen LogP contribution in [-0.2, 0) is 0 Å². The monoisotopic (exact) mass is 269 g/mol. The first kappa shape index (κ1) is 15.1. The molecule has 0 bridgehead atoms. The van der Waals surface area contributed by atoms with Crippen LogP contribution < -0.4 is 10.1 Å². The fourth-order valence-electron chi connectivity index (χ4n) is 1.46. The molecule has 5 heteroatoms. The SMILES string of the molecule is CCCOc1ccnc(NCCCCCSC)n1. The van der Waals surface area contributed by atoms with E-state index in [2.05, 4.69) is 28.5 Å². The van der Waals surface area contributed by atoms with Crippen LogP contribution in [0.25, 0.3) is 0 Å². The van der Waals surface area contributed by atoms with Crippen molar-refractivity contribution < 1.29 is 4.74 Å². The largest absolute Gasteiger partial charge is 0.478 e. The molecule has 0 atom stereocenters. The smallest absolute Gasteiger partial charge is 0.225 e. The second-order valence-corrected chi connectivity index (χ2v) is 5.03. The van der Waals surface area contributed by atoms with Crippen molar-refractivity contribution in [3.63, 3.8) is 0 Å². The van der Waals surface area contributed by atoms with Crippen molar-refractivity contribution in [2.45, 2.75) is 32.6 Å². The summed E-state index contributed by atoms with van der Waals surface area (Å²) >= 11 is 1.90. The van der Waals surface area contributed by atoms with Crippen LogP contribution in [0, 0.1) is 0 Å². The van der Waals surface area contributed by atoms with Gasteiger partial charge in [-0.3, -0.25) is 0 Å². The molecule has 0 aliphatic heterocycles. The predicted octanol–water partition coefficient (Wildman–Crippen LogP) is 3.21. The Morgan fingerprint density at radius 2 is 2.22 bits per heavy atom. The van der Waals surface area contributed by atoms with Gasteiger partial charge in [0.15, 0.2) is 0 Å². The average molecular weight is 269 g/mol. The van der Waals surface area contributed by atoms with Gasteiger partial charge in [0.25, 0.3) is 0 Å². The topological polar surface area (TPSA) is 47.0 Å². The summed E-state index contributed by atoms with van der Waals surface area (Å²) in [5.74, 6) is 2.56. The second kappa shape index (κ2) is 10.00. The van der Waals surface area contributed by atoms with E-state index < -0.39 is 0 Å². The lowest BCUT2D eigenvalue weighted by atomic mass is 10.2. The molecule has 0 aromatic carbocycles. The van der Waals surface area contributed by atoms with E-state index in [9.17, 15) is 0 Å². The predicted molar refractivity (Wildman–Crippen MR) is 78.5 cm³/mol. The summed E-state index contributed by atoms with van der Waals surface area (Å²) in [6, 6.07) is 1.79. The molecule has 0 radical (unpaired) electrons. The Labute approximate surface area is 114 Å². The van der Waals surface area contributed by atoms with E-state index in [1.807, 2.05) is 11.8 Å². The second-order valence-electron chi connectivity index (χ2n) is 4.05. The van der Waals surface area contributed by atoms with E-state index in [4.69, 9.17) is 4.74 Å². The normalized spacial score (nSPS) is 10.3.